The Morgan fingerprint density at radius 1 is 0.688 bits per heavy atom. The number of hydrogen-bond acceptors (Lipinski definition) is 3. The summed E-state index contributed by atoms with van der Waals surface area (Å²) in [5.41, 5.74) is 0. The van der Waals surface area contributed by atoms with Crippen LogP contribution < -0.4 is 0 Å². The second kappa shape index (κ2) is 8.94. The van der Waals surface area contributed by atoms with Crippen molar-refractivity contribution in [3.05, 3.63) is 0 Å². The molecule has 192 valence electrons. The number of rotatable bonds is 11. The summed E-state index contributed by atoms with van der Waals surface area (Å²) in [5, 5.41) is 8.35. The number of aliphatic hydroxyl groups is 1. The van der Waals surface area contributed by atoms with Crippen LogP contribution in [-0.4, -0.2) is 91.0 Å². The minimum atomic E-state index is -8.45. The van der Waals surface area contributed by atoms with E-state index in [1.807, 2.05) is 0 Å². The maximum Gasteiger partial charge on any atom is 0.460 e. The van der Waals surface area contributed by atoms with Gasteiger partial charge in [0.2, 0.25) is 0 Å². The maximum absolute atomic E-state index is 13.7. The highest BCUT2D eigenvalue weighted by Gasteiger charge is 2.94. The van der Waals surface area contributed by atoms with Crippen molar-refractivity contribution in [1.29, 1.82) is 0 Å². The summed E-state index contributed by atoms with van der Waals surface area (Å²) in [4.78, 5) is 10.8. The topological polar surface area (TPSA) is 49.8 Å². The normalized spacial score (nSPS) is 15.2. The van der Waals surface area contributed by atoms with Gasteiger partial charge in [0, 0.05) is 13.6 Å². The van der Waals surface area contributed by atoms with Crippen LogP contribution >= 0.6 is 0 Å². The van der Waals surface area contributed by atoms with Gasteiger partial charge in [-0.1, -0.05) is 0 Å². The molecular weight excluding hydrogens is 503 g/mol. The molecule has 32 heavy (non-hydrogen) atoms. The van der Waals surface area contributed by atoms with Crippen molar-refractivity contribution in [3.8, 4) is 0 Å². The number of nitrogens with zero attached hydrogens (tertiary/aromatic N) is 1. The minimum Gasteiger partial charge on any atom is -0.394 e. The van der Waals surface area contributed by atoms with Gasteiger partial charge in [-0.15, -0.1) is 0 Å². The van der Waals surface area contributed by atoms with E-state index >= 15 is 0 Å². The summed E-state index contributed by atoms with van der Waals surface area (Å²) in [6.45, 7) is -3.13. The largest absolute Gasteiger partial charge is 0.460 e. The number of hydrogen-bond donors (Lipinski definition) is 1. The number of amides is 1. The van der Waals surface area contributed by atoms with E-state index in [2.05, 4.69) is 4.74 Å². The Morgan fingerprint density at radius 2 is 1.06 bits per heavy atom. The lowest BCUT2D eigenvalue weighted by Gasteiger charge is -2.41. The van der Waals surface area contributed by atoms with Crippen LogP contribution in [0.5, 0.6) is 0 Å². The lowest BCUT2D eigenvalue weighted by molar-refractivity contribution is -0.449. The van der Waals surface area contributed by atoms with Crippen molar-refractivity contribution >= 4 is 5.91 Å². The molecule has 0 bridgehead atoms. The highest BCUT2D eigenvalue weighted by Crippen LogP contribution is 2.62. The fourth-order valence-electron chi connectivity index (χ4n) is 1.81. The highest BCUT2D eigenvalue weighted by molar-refractivity contribution is 5.84. The standard InChI is InChI=1S/C13H12F15NO3/c1-29(2-4-32-5-3-30)6(31)7(14,15)8(16,17)9(18,19)10(20,21)11(22,23)12(24,25)13(26,27)28/h30H,2-5H2,1H3. The van der Waals surface area contributed by atoms with Crippen LogP contribution in [0, 0.1) is 0 Å². The fraction of sp³-hybridized carbons (Fsp3) is 0.923. The van der Waals surface area contributed by atoms with Crippen LogP contribution in [0.15, 0.2) is 0 Å². The molecule has 0 aliphatic rings. The van der Waals surface area contributed by atoms with Gasteiger partial charge >= 0.3 is 41.7 Å². The van der Waals surface area contributed by atoms with E-state index in [-0.39, 0.29) is 7.05 Å². The van der Waals surface area contributed by atoms with Crippen LogP contribution in [0.1, 0.15) is 0 Å². The molecule has 0 aliphatic carbocycles. The summed E-state index contributed by atoms with van der Waals surface area (Å²) >= 11 is 0. The number of carbonyl (C=O) groups is 1. The Kier molecular flexibility index (Phi) is 8.48. The van der Waals surface area contributed by atoms with Crippen LogP contribution in [0.4, 0.5) is 65.9 Å². The van der Waals surface area contributed by atoms with Gasteiger partial charge in [-0.25, -0.2) is 0 Å². The molecule has 1 N–H and O–H groups in total. The van der Waals surface area contributed by atoms with Crippen LogP contribution in [0.2, 0.25) is 0 Å². The molecule has 0 atom stereocenters. The number of likely N-dealkylation sites (N-methyl/N-ethyl adjacent to an activating group) is 1. The third kappa shape index (κ3) is 4.54. The molecule has 0 aromatic rings. The SMILES string of the molecule is CN(CCOCCO)C(=O)C(F)(F)C(F)(F)C(F)(F)C(F)(F)C(F)(F)C(F)(F)C(F)(F)F. The Hall–Kier alpha value is -1.66. The lowest BCUT2D eigenvalue weighted by Crippen LogP contribution is -2.74. The summed E-state index contributed by atoms with van der Waals surface area (Å²) in [6.07, 6.45) is -7.70. The third-order valence-corrected chi connectivity index (χ3v) is 3.75. The fourth-order valence-corrected chi connectivity index (χ4v) is 1.81. The molecule has 0 unspecified atom stereocenters. The molecule has 0 rings (SSSR count). The van der Waals surface area contributed by atoms with E-state index < -0.39 is 78.9 Å². The molecule has 0 aliphatic heterocycles. The maximum atomic E-state index is 13.7. The lowest BCUT2D eigenvalue weighted by atomic mass is 9.90. The summed E-state index contributed by atoms with van der Waals surface area (Å²) in [6, 6.07) is 0. The quantitative estimate of drug-likeness (QED) is 0.337. The molecule has 0 saturated heterocycles. The highest BCUT2D eigenvalue weighted by atomic mass is 19.4. The summed E-state index contributed by atoms with van der Waals surface area (Å²) in [7, 11) is 0.192. The second-order valence-corrected chi connectivity index (χ2v) is 6.01. The zero-order valence-corrected chi connectivity index (χ0v) is 15.2. The van der Waals surface area contributed by atoms with Gasteiger partial charge in [0.05, 0.1) is 19.8 Å². The van der Waals surface area contributed by atoms with Gasteiger partial charge in [-0.3, -0.25) is 4.79 Å². The van der Waals surface area contributed by atoms with E-state index in [4.69, 9.17) is 5.11 Å². The van der Waals surface area contributed by atoms with Crippen LogP contribution in [0.25, 0.3) is 0 Å². The average molecular weight is 515 g/mol. The molecule has 0 saturated carbocycles. The van der Waals surface area contributed by atoms with Gasteiger partial charge in [0.25, 0.3) is 5.91 Å². The molecular formula is C13H12F15NO3. The van der Waals surface area contributed by atoms with Crippen molar-refractivity contribution in [2.24, 2.45) is 0 Å². The Balaban J connectivity index is 6.23. The molecule has 19 heteroatoms. The molecule has 0 heterocycles. The molecule has 4 nitrogen and oxygen atoms in total. The zero-order chi connectivity index (χ0) is 26.2. The first kappa shape index (κ1) is 30.3. The van der Waals surface area contributed by atoms with Crippen molar-refractivity contribution in [3.63, 3.8) is 0 Å². The Morgan fingerprint density at radius 3 is 1.44 bits per heavy atom. The van der Waals surface area contributed by atoms with Gasteiger partial charge in [0.1, 0.15) is 0 Å². The van der Waals surface area contributed by atoms with E-state index in [0.29, 0.717) is 0 Å². The molecule has 1 amide bonds. The number of alkyl halides is 15. The van der Waals surface area contributed by atoms with Crippen LogP contribution in [-0.2, 0) is 9.53 Å². The van der Waals surface area contributed by atoms with E-state index in [1.165, 1.54) is 0 Å². The average Bonchev–Trinajstić information content (AvgIpc) is 2.62. The minimum absolute atomic E-state index is 0.192. The molecule has 0 aromatic carbocycles. The molecule has 0 spiro atoms. The number of ether oxygens (including phenoxy) is 1. The zero-order valence-electron chi connectivity index (χ0n) is 15.2. The Labute approximate surface area is 167 Å². The van der Waals surface area contributed by atoms with E-state index in [1.54, 1.807) is 0 Å². The Bertz CT molecular complexity index is 661. The van der Waals surface area contributed by atoms with Gasteiger partial charge < -0.3 is 14.7 Å². The van der Waals surface area contributed by atoms with Gasteiger partial charge in [-0.2, -0.15) is 65.9 Å². The van der Waals surface area contributed by atoms with Crippen molar-refractivity contribution < 1.29 is 80.5 Å². The van der Waals surface area contributed by atoms with Gasteiger partial charge in [-0.05, 0) is 0 Å². The number of halogens is 15. The summed E-state index contributed by atoms with van der Waals surface area (Å²) < 4.78 is 200. The van der Waals surface area contributed by atoms with Gasteiger partial charge in [0.15, 0.2) is 0 Å². The predicted molar refractivity (Wildman–Crippen MR) is 71.3 cm³/mol. The second-order valence-electron chi connectivity index (χ2n) is 6.01. The number of aliphatic hydroxyl groups excluding tert-OH is 1. The smallest absolute Gasteiger partial charge is 0.394 e. The summed E-state index contributed by atoms with van der Waals surface area (Å²) in [5.74, 6) is -51.5. The van der Waals surface area contributed by atoms with Crippen molar-refractivity contribution in [2.75, 3.05) is 33.4 Å². The third-order valence-electron chi connectivity index (χ3n) is 3.75. The monoisotopic (exact) mass is 515 g/mol. The first-order valence-electron chi connectivity index (χ1n) is 7.67. The predicted octanol–water partition coefficient (Wildman–Crippen LogP) is 3.83. The molecule has 0 fully saturated rings. The molecule has 0 radical (unpaired) electrons. The van der Waals surface area contributed by atoms with E-state index in [9.17, 15) is 70.7 Å². The number of carbonyl (C=O) groups excluding carboxylic acids is 1. The van der Waals surface area contributed by atoms with Crippen molar-refractivity contribution in [1.82, 2.24) is 4.90 Å². The van der Waals surface area contributed by atoms with Crippen LogP contribution in [0.3, 0.4) is 0 Å². The molecule has 0 aromatic heterocycles. The first-order valence-corrected chi connectivity index (χ1v) is 7.67. The van der Waals surface area contributed by atoms with E-state index in [0.717, 1.165) is 0 Å². The first-order chi connectivity index (χ1) is 13.9. The van der Waals surface area contributed by atoms with Crippen molar-refractivity contribution in [2.45, 2.75) is 41.7 Å².